The first kappa shape index (κ1) is 17.0. The molecule has 0 unspecified atom stereocenters. The van der Waals surface area contributed by atoms with Gasteiger partial charge in [0, 0.05) is 30.6 Å². The maximum atomic E-state index is 12.8. The number of fused-ring (bicyclic) bond motifs is 2. The SMILES string of the molecule is C=CC(=O)NCCN1Cc2ccc(-c3c(C)ccc4[nH]ncc34)cc2C1=O. The third-order valence-electron chi connectivity index (χ3n) is 4.98. The number of benzene rings is 2. The van der Waals surface area contributed by atoms with Crippen LogP contribution in [0, 0.1) is 6.92 Å². The molecule has 1 aromatic heterocycles. The fourth-order valence-electron chi connectivity index (χ4n) is 3.59. The molecule has 2 N–H and O–H groups in total. The van der Waals surface area contributed by atoms with E-state index in [1.165, 1.54) is 6.08 Å². The van der Waals surface area contributed by atoms with Gasteiger partial charge in [0.25, 0.3) is 5.91 Å². The van der Waals surface area contributed by atoms with E-state index in [2.05, 4.69) is 41.1 Å². The Morgan fingerprint density at radius 3 is 3.04 bits per heavy atom. The van der Waals surface area contributed by atoms with Crippen LogP contribution in [0.5, 0.6) is 0 Å². The van der Waals surface area contributed by atoms with Crippen LogP contribution in [-0.4, -0.2) is 40.0 Å². The number of carbonyl (C=O) groups is 2. The molecule has 2 aromatic carbocycles. The average Bonchev–Trinajstić information content (AvgIpc) is 3.26. The number of H-pyrrole nitrogens is 1. The minimum atomic E-state index is -0.231. The number of nitrogens with zero attached hydrogens (tertiary/aromatic N) is 2. The molecule has 6 nitrogen and oxygen atoms in total. The summed E-state index contributed by atoms with van der Waals surface area (Å²) in [6.07, 6.45) is 3.05. The van der Waals surface area contributed by atoms with Crippen LogP contribution in [0.1, 0.15) is 21.5 Å². The van der Waals surface area contributed by atoms with Crippen LogP contribution in [0.2, 0.25) is 0 Å². The zero-order valence-corrected chi connectivity index (χ0v) is 15.1. The molecule has 0 atom stereocenters. The lowest BCUT2D eigenvalue weighted by Crippen LogP contribution is -2.34. The first-order valence-corrected chi connectivity index (χ1v) is 8.84. The number of rotatable bonds is 5. The molecule has 0 saturated carbocycles. The average molecular weight is 360 g/mol. The summed E-state index contributed by atoms with van der Waals surface area (Å²) >= 11 is 0. The monoisotopic (exact) mass is 360 g/mol. The Hall–Kier alpha value is -3.41. The van der Waals surface area contributed by atoms with E-state index in [4.69, 9.17) is 0 Å². The van der Waals surface area contributed by atoms with Crippen LogP contribution >= 0.6 is 0 Å². The summed E-state index contributed by atoms with van der Waals surface area (Å²) < 4.78 is 0. The molecule has 1 aliphatic heterocycles. The number of carbonyl (C=O) groups excluding carboxylic acids is 2. The molecule has 4 rings (SSSR count). The summed E-state index contributed by atoms with van der Waals surface area (Å²) in [6.45, 7) is 6.92. The van der Waals surface area contributed by atoms with Gasteiger partial charge in [-0.25, -0.2) is 0 Å². The highest BCUT2D eigenvalue weighted by Gasteiger charge is 2.27. The molecule has 3 aromatic rings. The van der Waals surface area contributed by atoms with Gasteiger partial charge in [-0.2, -0.15) is 5.10 Å². The van der Waals surface area contributed by atoms with Gasteiger partial charge in [0.05, 0.1) is 11.7 Å². The van der Waals surface area contributed by atoms with Crippen LogP contribution in [0.25, 0.3) is 22.0 Å². The third kappa shape index (κ3) is 2.99. The van der Waals surface area contributed by atoms with Crippen molar-refractivity contribution in [3.8, 4) is 11.1 Å². The zero-order chi connectivity index (χ0) is 19.0. The number of hydrogen-bond donors (Lipinski definition) is 2. The van der Waals surface area contributed by atoms with Gasteiger partial charge in [-0.15, -0.1) is 0 Å². The van der Waals surface area contributed by atoms with Crippen LogP contribution in [0.15, 0.2) is 49.2 Å². The van der Waals surface area contributed by atoms with Gasteiger partial charge < -0.3 is 10.2 Å². The Bertz CT molecular complexity index is 1070. The van der Waals surface area contributed by atoms with Crippen LogP contribution < -0.4 is 5.32 Å². The maximum Gasteiger partial charge on any atom is 0.254 e. The van der Waals surface area contributed by atoms with Crippen molar-refractivity contribution in [2.24, 2.45) is 0 Å². The maximum absolute atomic E-state index is 12.8. The Labute approximate surface area is 156 Å². The largest absolute Gasteiger partial charge is 0.351 e. The van der Waals surface area contributed by atoms with Crippen LogP contribution in [0.3, 0.4) is 0 Å². The third-order valence-corrected chi connectivity index (χ3v) is 4.98. The number of aryl methyl sites for hydroxylation is 1. The number of aromatic amines is 1. The van der Waals surface area contributed by atoms with E-state index >= 15 is 0 Å². The Morgan fingerprint density at radius 1 is 1.37 bits per heavy atom. The van der Waals surface area contributed by atoms with Gasteiger partial charge in [-0.05, 0) is 47.4 Å². The standard InChI is InChI=1S/C21H20N4O2/c1-3-19(26)22-8-9-25-12-15-6-5-14(10-16(15)21(25)27)20-13(2)4-7-18-17(20)11-23-24-18/h3-7,10-11H,1,8-9,12H2,2H3,(H,22,26)(H,23,24). The summed E-state index contributed by atoms with van der Waals surface area (Å²) in [7, 11) is 0. The minimum Gasteiger partial charge on any atom is -0.351 e. The molecule has 0 fully saturated rings. The predicted octanol–water partition coefficient (Wildman–Crippen LogP) is 2.80. The molecule has 2 heterocycles. The van der Waals surface area contributed by atoms with Crippen molar-refractivity contribution >= 4 is 22.7 Å². The Kier molecular flexibility index (Phi) is 4.24. The number of aromatic nitrogens is 2. The molecule has 0 aliphatic carbocycles. The van der Waals surface area contributed by atoms with Crippen LogP contribution in [0.4, 0.5) is 0 Å². The summed E-state index contributed by atoms with van der Waals surface area (Å²) in [5.74, 6) is -0.234. The topological polar surface area (TPSA) is 78.1 Å². The number of hydrogen-bond acceptors (Lipinski definition) is 3. The molecule has 0 bridgehead atoms. The van der Waals surface area contributed by atoms with Crippen molar-refractivity contribution in [3.05, 3.63) is 65.9 Å². The van der Waals surface area contributed by atoms with Crippen molar-refractivity contribution in [1.82, 2.24) is 20.4 Å². The molecular weight excluding hydrogens is 340 g/mol. The lowest BCUT2D eigenvalue weighted by molar-refractivity contribution is -0.116. The van der Waals surface area contributed by atoms with E-state index in [1.807, 2.05) is 24.4 Å². The fourth-order valence-corrected chi connectivity index (χ4v) is 3.59. The summed E-state index contributed by atoms with van der Waals surface area (Å²) in [4.78, 5) is 25.8. The van der Waals surface area contributed by atoms with E-state index in [0.717, 1.165) is 38.7 Å². The molecule has 2 amide bonds. The highest BCUT2D eigenvalue weighted by atomic mass is 16.2. The molecule has 0 saturated heterocycles. The summed E-state index contributed by atoms with van der Waals surface area (Å²) in [5.41, 5.74) is 5.94. The lowest BCUT2D eigenvalue weighted by atomic mass is 9.94. The van der Waals surface area contributed by atoms with Crippen molar-refractivity contribution in [1.29, 1.82) is 0 Å². The van der Waals surface area contributed by atoms with Crippen LogP contribution in [-0.2, 0) is 11.3 Å². The predicted molar refractivity (Wildman–Crippen MR) is 104 cm³/mol. The van der Waals surface area contributed by atoms with E-state index in [9.17, 15) is 9.59 Å². The summed E-state index contributed by atoms with van der Waals surface area (Å²) in [5, 5.41) is 10.9. The molecule has 0 radical (unpaired) electrons. The Balaban J connectivity index is 1.62. The number of nitrogens with one attached hydrogen (secondary N) is 2. The molecule has 0 spiro atoms. The van der Waals surface area contributed by atoms with Gasteiger partial charge in [-0.3, -0.25) is 14.7 Å². The van der Waals surface area contributed by atoms with Crippen molar-refractivity contribution in [2.45, 2.75) is 13.5 Å². The van der Waals surface area contributed by atoms with Crippen molar-refractivity contribution in [3.63, 3.8) is 0 Å². The summed E-state index contributed by atoms with van der Waals surface area (Å²) in [6, 6.07) is 10.1. The quantitative estimate of drug-likeness (QED) is 0.687. The molecular formula is C21H20N4O2. The van der Waals surface area contributed by atoms with Gasteiger partial charge in [0.15, 0.2) is 0 Å². The second-order valence-corrected chi connectivity index (χ2v) is 6.68. The first-order valence-electron chi connectivity index (χ1n) is 8.84. The Morgan fingerprint density at radius 2 is 2.22 bits per heavy atom. The van der Waals surface area contributed by atoms with Gasteiger partial charge in [-0.1, -0.05) is 24.8 Å². The van der Waals surface area contributed by atoms with E-state index in [-0.39, 0.29) is 11.8 Å². The molecule has 136 valence electrons. The normalized spacial score (nSPS) is 13.1. The first-order chi connectivity index (χ1) is 13.1. The highest BCUT2D eigenvalue weighted by Crippen LogP contribution is 2.34. The van der Waals surface area contributed by atoms with E-state index in [1.54, 1.807) is 4.90 Å². The van der Waals surface area contributed by atoms with Gasteiger partial charge >= 0.3 is 0 Å². The minimum absolute atomic E-state index is 0.00303. The second kappa shape index (κ2) is 6.72. The molecule has 6 heteroatoms. The molecule has 27 heavy (non-hydrogen) atoms. The lowest BCUT2D eigenvalue weighted by Gasteiger charge is -2.15. The van der Waals surface area contributed by atoms with Gasteiger partial charge in [0.2, 0.25) is 5.91 Å². The van der Waals surface area contributed by atoms with Crippen molar-refractivity contribution < 1.29 is 9.59 Å². The smallest absolute Gasteiger partial charge is 0.254 e. The van der Waals surface area contributed by atoms with E-state index in [0.29, 0.717) is 19.6 Å². The van der Waals surface area contributed by atoms with Crippen molar-refractivity contribution in [2.75, 3.05) is 13.1 Å². The number of amides is 2. The second-order valence-electron chi connectivity index (χ2n) is 6.68. The van der Waals surface area contributed by atoms with E-state index < -0.39 is 0 Å². The van der Waals surface area contributed by atoms with Gasteiger partial charge in [0.1, 0.15) is 0 Å². The zero-order valence-electron chi connectivity index (χ0n) is 15.1. The fraction of sp³-hybridized carbons (Fsp3) is 0.190. The highest BCUT2D eigenvalue weighted by molar-refractivity contribution is 6.02. The molecule has 1 aliphatic rings.